The zero-order valence-corrected chi connectivity index (χ0v) is 15.0. The predicted molar refractivity (Wildman–Crippen MR) is 98.1 cm³/mol. The van der Waals surface area contributed by atoms with Crippen LogP contribution in [0.4, 0.5) is 5.95 Å². The third-order valence-electron chi connectivity index (χ3n) is 3.64. The van der Waals surface area contributed by atoms with E-state index < -0.39 is 0 Å². The average Bonchev–Trinajstić information content (AvgIpc) is 3.07. The molecule has 2 aromatic carbocycles. The molecule has 1 N–H and O–H groups in total. The molecule has 0 saturated heterocycles. The van der Waals surface area contributed by atoms with Crippen LogP contribution in [0, 0.1) is 0 Å². The number of para-hydroxylation sites is 1. The number of nitrogens with zero attached hydrogens (tertiary/aromatic N) is 3. The zero-order valence-electron chi connectivity index (χ0n) is 14.3. The smallest absolute Gasteiger partial charge is 0.261 e. The first kappa shape index (κ1) is 17.8. The van der Waals surface area contributed by atoms with Crippen LogP contribution in [-0.2, 0) is 6.54 Å². The summed E-state index contributed by atoms with van der Waals surface area (Å²) in [6, 6.07) is 12.5. The number of amides is 1. The molecule has 3 rings (SSSR count). The summed E-state index contributed by atoms with van der Waals surface area (Å²) in [6.45, 7) is 0.492. The van der Waals surface area contributed by atoms with Gasteiger partial charge in [0.25, 0.3) is 5.91 Å². The van der Waals surface area contributed by atoms with Gasteiger partial charge >= 0.3 is 0 Å². The van der Waals surface area contributed by atoms with Gasteiger partial charge in [0, 0.05) is 5.02 Å². The van der Waals surface area contributed by atoms with Gasteiger partial charge in [-0.25, -0.2) is 9.67 Å². The minimum atomic E-state index is -0.388. The zero-order chi connectivity index (χ0) is 18.5. The molecule has 0 spiro atoms. The lowest BCUT2D eigenvalue weighted by Crippen LogP contribution is -2.15. The summed E-state index contributed by atoms with van der Waals surface area (Å²) in [4.78, 5) is 16.6. The van der Waals surface area contributed by atoms with Gasteiger partial charge in [-0.3, -0.25) is 10.1 Å². The first-order valence-electron chi connectivity index (χ1n) is 7.77. The Morgan fingerprint density at radius 3 is 2.73 bits per heavy atom. The maximum absolute atomic E-state index is 12.5. The highest BCUT2D eigenvalue weighted by atomic mass is 35.5. The van der Waals surface area contributed by atoms with Crippen molar-refractivity contribution >= 4 is 23.5 Å². The van der Waals surface area contributed by atoms with E-state index in [1.54, 1.807) is 35.3 Å². The molecule has 1 amide bonds. The van der Waals surface area contributed by atoms with E-state index >= 15 is 0 Å². The number of carbonyl (C=O) groups is 1. The molecule has 0 bridgehead atoms. The average molecular weight is 373 g/mol. The fourth-order valence-corrected chi connectivity index (χ4v) is 2.70. The third kappa shape index (κ3) is 3.94. The van der Waals surface area contributed by atoms with Gasteiger partial charge in [0.05, 0.1) is 26.3 Å². The van der Waals surface area contributed by atoms with Crippen molar-refractivity contribution in [3.05, 3.63) is 64.9 Å². The first-order valence-corrected chi connectivity index (χ1v) is 8.14. The molecule has 7 nitrogen and oxygen atoms in total. The fourth-order valence-electron chi connectivity index (χ4n) is 2.49. The molecule has 0 saturated carbocycles. The van der Waals surface area contributed by atoms with Crippen LogP contribution in [0.2, 0.25) is 5.02 Å². The van der Waals surface area contributed by atoms with Crippen molar-refractivity contribution in [3.8, 4) is 11.5 Å². The van der Waals surface area contributed by atoms with Gasteiger partial charge in [0.1, 0.15) is 6.33 Å². The molecule has 1 aromatic heterocycles. The van der Waals surface area contributed by atoms with Crippen molar-refractivity contribution in [2.75, 3.05) is 19.5 Å². The SMILES string of the molecule is COc1cccc(C(=O)Nc2ncn(Cc3cccc(Cl)c3)n2)c1OC. The predicted octanol–water partition coefficient (Wildman–Crippen LogP) is 3.25. The van der Waals surface area contributed by atoms with E-state index in [1.807, 2.05) is 18.2 Å². The summed E-state index contributed by atoms with van der Waals surface area (Å²) in [6.07, 6.45) is 1.54. The van der Waals surface area contributed by atoms with E-state index in [-0.39, 0.29) is 11.9 Å². The second-order valence-electron chi connectivity index (χ2n) is 5.39. The van der Waals surface area contributed by atoms with Crippen LogP contribution in [0.15, 0.2) is 48.8 Å². The number of nitrogens with one attached hydrogen (secondary N) is 1. The molecule has 26 heavy (non-hydrogen) atoms. The van der Waals surface area contributed by atoms with Gasteiger partial charge in [0.2, 0.25) is 5.95 Å². The molecule has 0 aliphatic rings. The minimum Gasteiger partial charge on any atom is -0.493 e. The van der Waals surface area contributed by atoms with E-state index in [4.69, 9.17) is 21.1 Å². The summed E-state index contributed by atoms with van der Waals surface area (Å²) in [5.41, 5.74) is 1.31. The Morgan fingerprint density at radius 2 is 2.00 bits per heavy atom. The maximum atomic E-state index is 12.5. The third-order valence-corrected chi connectivity index (χ3v) is 3.88. The number of halogens is 1. The number of carbonyl (C=O) groups excluding carboxylic acids is 1. The van der Waals surface area contributed by atoms with E-state index in [1.165, 1.54) is 14.2 Å². The Balaban J connectivity index is 1.74. The van der Waals surface area contributed by atoms with Crippen LogP contribution in [0.1, 0.15) is 15.9 Å². The summed E-state index contributed by atoms with van der Waals surface area (Å²) >= 11 is 5.98. The van der Waals surface area contributed by atoms with E-state index in [2.05, 4.69) is 15.4 Å². The van der Waals surface area contributed by atoms with Gasteiger partial charge in [-0.15, -0.1) is 5.10 Å². The minimum absolute atomic E-state index is 0.196. The number of ether oxygens (including phenoxy) is 2. The molecule has 3 aromatic rings. The number of benzene rings is 2. The quantitative estimate of drug-likeness (QED) is 0.718. The monoisotopic (exact) mass is 372 g/mol. The topological polar surface area (TPSA) is 78.3 Å². The molecule has 0 unspecified atom stereocenters. The number of anilines is 1. The Hall–Kier alpha value is -3.06. The van der Waals surface area contributed by atoms with Gasteiger partial charge in [0.15, 0.2) is 11.5 Å². The van der Waals surface area contributed by atoms with E-state index in [0.29, 0.717) is 28.6 Å². The Labute approximate surface area is 155 Å². The molecule has 0 aliphatic carbocycles. The molecule has 0 radical (unpaired) electrons. The lowest BCUT2D eigenvalue weighted by atomic mass is 10.1. The molecule has 0 aliphatic heterocycles. The van der Waals surface area contributed by atoms with Crippen LogP contribution in [0.25, 0.3) is 0 Å². The van der Waals surface area contributed by atoms with Gasteiger partial charge in [-0.05, 0) is 29.8 Å². The normalized spacial score (nSPS) is 10.4. The van der Waals surface area contributed by atoms with Gasteiger partial charge < -0.3 is 9.47 Å². The molecule has 0 atom stereocenters. The van der Waals surface area contributed by atoms with Crippen molar-refractivity contribution in [2.45, 2.75) is 6.54 Å². The lowest BCUT2D eigenvalue weighted by molar-refractivity contribution is 0.102. The van der Waals surface area contributed by atoms with E-state index in [9.17, 15) is 4.79 Å². The standard InChI is InChI=1S/C18H17ClN4O3/c1-25-15-8-4-7-14(16(15)26-2)17(24)21-18-20-11-23(22-18)10-12-5-3-6-13(19)9-12/h3-9,11H,10H2,1-2H3,(H,21,22,24). The van der Waals surface area contributed by atoms with Crippen molar-refractivity contribution in [1.29, 1.82) is 0 Å². The van der Waals surface area contributed by atoms with Crippen LogP contribution in [0.5, 0.6) is 11.5 Å². The Bertz CT molecular complexity index is 926. The molecule has 134 valence electrons. The summed E-state index contributed by atoms with van der Waals surface area (Å²) < 4.78 is 12.1. The second kappa shape index (κ2) is 7.88. The summed E-state index contributed by atoms with van der Waals surface area (Å²) in [5, 5.41) is 7.57. The van der Waals surface area contributed by atoms with Crippen molar-refractivity contribution < 1.29 is 14.3 Å². The van der Waals surface area contributed by atoms with E-state index in [0.717, 1.165) is 5.56 Å². The maximum Gasteiger partial charge on any atom is 0.261 e. The number of rotatable bonds is 6. The number of hydrogen-bond acceptors (Lipinski definition) is 5. The van der Waals surface area contributed by atoms with Crippen LogP contribution < -0.4 is 14.8 Å². The van der Waals surface area contributed by atoms with Crippen LogP contribution >= 0.6 is 11.6 Å². The second-order valence-corrected chi connectivity index (χ2v) is 5.83. The largest absolute Gasteiger partial charge is 0.493 e. The molecule has 8 heteroatoms. The van der Waals surface area contributed by atoms with Crippen molar-refractivity contribution in [1.82, 2.24) is 14.8 Å². The number of aromatic nitrogens is 3. The first-order chi connectivity index (χ1) is 12.6. The summed E-state index contributed by atoms with van der Waals surface area (Å²) in [7, 11) is 2.99. The van der Waals surface area contributed by atoms with Crippen molar-refractivity contribution in [2.24, 2.45) is 0 Å². The molecular formula is C18H17ClN4O3. The highest BCUT2D eigenvalue weighted by Crippen LogP contribution is 2.30. The molecule has 0 fully saturated rings. The number of methoxy groups -OCH3 is 2. The number of hydrogen-bond donors (Lipinski definition) is 1. The van der Waals surface area contributed by atoms with Gasteiger partial charge in [-0.1, -0.05) is 29.8 Å². The summed E-state index contributed by atoms with van der Waals surface area (Å²) in [5.74, 6) is 0.633. The Kier molecular flexibility index (Phi) is 5.38. The molecular weight excluding hydrogens is 356 g/mol. The highest BCUT2D eigenvalue weighted by molar-refractivity contribution is 6.30. The van der Waals surface area contributed by atoms with Gasteiger partial charge in [-0.2, -0.15) is 0 Å². The lowest BCUT2D eigenvalue weighted by Gasteiger charge is -2.11. The Morgan fingerprint density at radius 1 is 1.19 bits per heavy atom. The van der Waals surface area contributed by atoms with Crippen LogP contribution in [0.3, 0.4) is 0 Å². The van der Waals surface area contributed by atoms with Crippen LogP contribution in [-0.4, -0.2) is 34.9 Å². The van der Waals surface area contributed by atoms with Crippen molar-refractivity contribution in [3.63, 3.8) is 0 Å². The highest BCUT2D eigenvalue weighted by Gasteiger charge is 2.17. The molecule has 1 heterocycles. The fraction of sp³-hybridized carbons (Fsp3) is 0.167.